The Labute approximate surface area is 164 Å². The van der Waals surface area contributed by atoms with Crippen LogP contribution in [0.4, 0.5) is 0 Å². The van der Waals surface area contributed by atoms with E-state index in [1.807, 2.05) is 6.07 Å². The van der Waals surface area contributed by atoms with Crippen molar-refractivity contribution in [1.82, 2.24) is 5.32 Å². The standard InChI is InChI=1S/C19H18BrNO6/c1-11(27-19(23)14-8-13(24-2)4-5-15(14)20)18(22)21-9-12-3-6-16-17(7-12)26-10-25-16/h3-8,11H,9-10H2,1-2H3,(H,21,22). The van der Waals surface area contributed by atoms with Gasteiger partial charge in [-0.05, 0) is 58.7 Å². The molecule has 0 aliphatic carbocycles. The first kappa shape index (κ1) is 19.0. The van der Waals surface area contributed by atoms with Crippen molar-refractivity contribution >= 4 is 27.8 Å². The fraction of sp³-hybridized carbons (Fsp3) is 0.263. The molecule has 8 heteroatoms. The largest absolute Gasteiger partial charge is 0.497 e. The van der Waals surface area contributed by atoms with Gasteiger partial charge in [0.2, 0.25) is 6.79 Å². The number of carbonyl (C=O) groups is 2. The van der Waals surface area contributed by atoms with Crippen molar-refractivity contribution in [3.8, 4) is 17.2 Å². The number of amides is 1. The highest BCUT2D eigenvalue weighted by Gasteiger charge is 2.21. The predicted molar refractivity (Wildman–Crippen MR) is 100.0 cm³/mol. The molecule has 1 aliphatic rings. The Morgan fingerprint density at radius 1 is 1.19 bits per heavy atom. The van der Waals surface area contributed by atoms with Crippen LogP contribution in [0.3, 0.4) is 0 Å². The fourth-order valence-electron chi connectivity index (χ4n) is 2.45. The summed E-state index contributed by atoms with van der Waals surface area (Å²) in [5, 5.41) is 2.73. The topological polar surface area (TPSA) is 83.1 Å². The molecule has 2 aromatic rings. The van der Waals surface area contributed by atoms with E-state index in [4.69, 9.17) is 18.9 Å². The molecule has 0 spiro atoms. The first-order valence-corrected chi connectivity index (χ1v) is 8.98. The molecule has 1 aliphatic heterocycles. The third-order valence-corrected chi connectivity index (χ3v) is 4.64. The minimum atomic E-state index is -0.954. The summed E-state index contributed by atoms with van der Waals surface area (Å²) in [7, 11) is 1.50. The van der Waals surface area contributed by atoms with Crippen molar-refractivity contribution in [3.63, 3.8) is 0 Å². The van der Waals surface area contributed by atoms with Crippen LogP contribution >= 0.6 is 15.9 Å². The molecule has 7 nitrogen and oxygen atoms in total. The Bertz CT molecular complexity index is 869. The number of halogens is 1. The van der Waals surface area contributed by atoms with Gasteiger partial charge in [-0.2, -0.15) is 0 Å². The second-order valence-corrected chi connectivity index (χ2v) is 6.65. The van der Waals surface area contributed by atoms with Gasteiger partial charge in [0.25, 0.3) is 5.91 Å². The maximum atomic E-state index is 12.3. The van der Waals surface area contributed by atoms with Crippen molar-refractivity contribution in [2.24, 2.45) is 0 Å². The van der Waals surface area contributed by atoms with Crippen LogP contribution in [0.15, 0.2) is 40.9 Å². The Balaban J connectivity index is 1.56. The lowest BCUT2D eigenvalue weighted by molar-refractivity contribution is -0.129. The van der Waals surface area contributed by atoms with Gasteiger partial charge >= 0.3 is 5.97 Å². The van der Waals surface area contributed by atoms with E-state index in [0.29, 0.717) is 21.7 Å². The van der Waals surface area contributed by atoms with Crippen LogP contribution < -0.4 is 19.5 Å². The van der Waals surface area contributed by atoms with Crippen LogP contribution in [0.25, 0.3) is 0 Å². The third-order valence-electron chi connectivity index (χ3n) is 3.95. The van der Waals surface area contributed by atoms with Gasteiger partial charge in [-0.1, -0.05) is 6.07 Å². The zero-order valence-corrected chi connectivity index (χ0v) is 16.4. The third kappa shape index (κ3) is 4.51. The molecular weight excluding hydrogens is 418 g/mol. The van der Waals surface area contributed by atoms with Crippen molar-refractivity contribution in [2.45, 2.75) is 19.6 Å². The average molecular weight is 436 g/mol. The van der Waals surface area contributed by atoms with Gasteiger partial charge in [-0.15, -0.1) is 0 Å². The maximum Gasteiger partial charge on any atom is 0.340 e. The normalized spacial score (nSPS) is 13.0. The summed E-state index contributed by atoms with van der Waals surface area (Å²) < 4.78 is 21.5. The molecule has 0 bridgehead atoms. The SMILES string of the molecule is COc1ccc(Br)c(C(=O)OC(C)C(=O)NCc2ccc3c(c2)OCO3)c1. The lowest BCUT2D eigenvalue weighted by atomic mass is 10.2. The second-order valence-electron chi connectivity index (χ2n) is 5.80. The molecule has 1 unspecified atom stereocenters. The molecule has 0 radical (unpaired) electrons. The smallest absolute Gasteiger partial charge is 0.340 e. The summed E-state index contributed by atoms with van der Waals surface area (Å²) in [6, 6.07) is 10.4. The minimum absolute atomic E-state index is 0.192. The molecule has 3 rings (SSSR count). The first-order chi connectivity index (χ1) is 13.0. The lowest BCUT2D eigenvalue weighted by Gasteiger charge is -2.14. The van der Waals surface area contributed by atoms with E-state index in [1.165, 1.54) is 14.0 Å². The van der Waals surface area contributed by atoms with E-state index in [9.17, 15) is 9.59 Å². The minimum Gasteiger partial charge on any atom is -0.497 e. The molecule has 0 saturated carbocycles. The van der Waals surface area contributed by atoms with Crippen molar-refractivity contribution in [2.75, 3.05) is 13.9 Å². The van der Waals surface area contributed by atoms with Gasteiger partial charge < -0.3 is 24.3 Å². The monoisotopic (exact) mass is 435 g/mol. The summed E-state index contributed by atoms with van der Waals surface area (Å²) in [6.07, 6.45) is -0.954. The molecule has 142 valence electrons. The number of carbonyl (C=O) groups excluding carboxylic acids is 2. The van der Waals surface area contributed by atoms with E-state index in [2.05, 4.69) is 21.2 Å². The number of hydrogen-bond acceptors (Lipinski definition) is 6. The second kappa shape index (κ2) is 8.30. The average Bonchev–Trinajstić information content (AvgIpc) is 3.14. The van der Waals surface area contributed by atoms with E-state index in [0.717, 1.165) is 5.56 Å². The number of hydrogen-bond donors (Lipinski definition) is 1. The molecule has 0 fully saturated rings. The summed E-state index contributed by atoms with van der Waals surface area (Å²) >= 11 is 3.29. The van der Waals surface area contributed by atoms with Crippen LogP contribution in [0.2, 0.25) is 0 Å². The number of fused-ring (bicyclic) bond motifs is 1. The molecule has 1 atom stereocenters. The molecule has 1 heterocycles. The van der Waals surface area contributed by atoms with E-state index >= 15 is 0 Å². The van der Waals surface area contributed by atoms with Crippen LogP contribution in [0.5, 0.6) is 17.2 Å². The predicted octanol–water partition coefficient (Wildman–Crippen LogP) is 3.05. The highest BCUT2D eigenvalue weighted by molar-refractivity contribution is 9.10. The van der Waals surface area contributed by atoms with Crippen LogP contribution in [0, 0.1) is 0 Å². The Morgan fingerprint density at radius 3 is 2.74 bits per heavy atom. The molecule has 1 N–H and O–H groups in total. The van der Waals surface area contributed by atoms with E-state index in [-0.39, 0.29) is 18.9 Å². The zero-order valence-electron chi connectivity index (χ0n) is 14.8. The van der Waals surface area contributed by atoms with Crippen molar-refractivity contribution < 1.29 is 28.5 Å². The zero-order chi connectivity index (χ0) is 19.4. The molecule has 1 amide bonds. The quantitative estimate of drug-likeness (QED) is 0.702. The van der Waals surface area contributed by atoms with Gasteiger partial charge in [-0.3, -0.25) is 4.79 Å². The summed E-state index contributed by atoms with van der Waals surface area (Å²) in [6.45, 7) is 1.99. The number of ether oxygens (including phenoxy) is 4. The summed E-state index contributed by atoms with van der Waals surface area (Å²) in [4.78, 5) is 24.6. The number of nitrogens with one attached hydrogen (secondary N) is 1. The fourth-order valence-corrected chi connectivity index (χ4v) is 2.86. The maximum absolute atomic E-state index is 12.3. The number of esters is 1. The van der Waals surface area contributed by atoms with Gasteiger partial charge in [-0.25, -0.2) is 4.79 Å². The van der Waals surface area contributed by atoms with Crippen molar-refractivity contribution in [1.29, 1.82) is 0 Å². The summed E-state index contributed by atoms with van der Waals surface area (Å²) in [5.41, 5.74) is 1.13. The molecule has 0 aromatic heterocycles. The van der Waals surface area contributed by atoms with Gasteiger partial charge in [0.05, 0.1) is 12.7 Å². The van der Waals surface area contributed by atoms with Gasteiger partial charge in [0, 0.05) is 11.0 Å². The lowest BCUT2D eigenvalue weighted by Crippen LogP contribution is -2.35. The highest BCUT2D eigenvalue weighted by atomic mass is 79.9. The molecular formula is C19H18BrNO6. The Hall–Kier alpha value is -2.74. The van der Waals surface area contributed by atoms with Crippen LogP contribution in [-0.4, -0.2) is 31.9 Å². The number of methoxy groups -OCH3 is 1. The van der Waals surface area contributed by atoms with Crippen LogP contribution in [-0.2, 0) is 16.1 Å². The Morgan fingerprint density at radius 2 is 1.96 bits per heavy atom. The van der Waals surface area contributed by atoms with E-state index in [1.54, 1.807) is 30.3 Å². The summed E-state index contributed by atoms with van der Waals surface area (Å²) in [5.74, 6) is 0.817. The van der Waals surface area contributed by atoms with Crippen LogP contribution in [0.1, 0.15) is 22.8 Å². The van der Waals surface area contributed by atoms with E-state index < -0.39 is 18.0 Å². The molecule has 27 heavy (non-hydrogen) atoms. The number of benzene rings is 2. The molecule has 0 saturated heterocycles. The number of rotatable bonds is 6. The first-order valence-electron chi connectivity index (χ1n) is 8.18. The van der Waals surface area contributed by atoms with Crippen molar-refractivity contribution in [3.05, 3.63) is 52.0 Å². The van der Waals surface area contributed by atoms with Gasteiger partial charge in [0.15, 0.2) is 17.6 Å². The Kier molecular flexibility index (Phi) is 5.85. The van der Waals surface area contributed by atoms with Gasteiger partial charge in [0.1, 0.15) is 5.75 Å². The molecule has 2 aromatic carbocycles. The highest BCUT2D eigenvalue weighted by Crippen LogP contribution is 2.32.